The summed E-state index contributed by atoms with van der Waals surface area (Å²) >= 11 is 0. The van der Waals surface area contributed by atoms with Crippen molar-refractivity contribution in [2.75, 3.05) is 0 Å². The van der Waals surface area contributed by atoms with Crippen LogP contribution in [0.1, 0.15) is 40.5 Å². The number of aromatic nitrogens is 2. The van der Waals surface area contributed by atoms with Crippen LogP contribution in [-0.4, -0.2) is 15.9 Å². The van der Waals surface area contributed by atoms with E-state index in [2.05, 4.69) is 39.6 Å². The molecule has 2 aromatic carbocycles. The normalized spacial score (nSPS) is 13.4. The SMILES string of the molecule is O=C(NCc1ccc(-c2ccccc2)cc1)c1cnc(C2CC2)nc1. The molecule has 124 valence electrons. The van der Waals surface area contributed by atoms with Crippen molar-refractivity contribution in [3.8, 4) is 11.1 Å². The lowest BCUT2D eigenvalue weighted by atomic mass is 10.0. The van der Waals surface area contributed by atoms with E-state index in [-0.39, 0.29) is 5.91 Å². The van der Waals surface area contributed by atoms with E-state index in [9.17, 15) is 4.79 Å². The lowest BCUT2D eigenvalue weighted by molar-refractivity contribution is 0.0950. The highest BCUT2D eigenvalue weighted by atomic mass is 16.1. The second-order valence-corrected chi connectivity index (χ2v) is 6.35. The first-order valence-electron chi connectivity index (χ1n) is 8.54. The summed E-state index contributed by atoms with van der Waals surface area (Å²) in [7, 11) is 0. The Labute approximate surface area is 147 Å². The molecular formula is C21H19N3O. The van der Waals surface area contributed by atoms with E-state index in [4.69, 9.17) is 0 Å². The van der Waals surface area contributed by atoms with Gasteiger partial charge in [-0.25, -0.2) is 9.97 Å². The molecule has 1 aliphatic carbocycles. The average molecular weight is 329 g/mol. The molecule has 1 saturated carbocycles. The van der Waals surface area contributed by atoms with E-state index in [0.717, 1.165) is 24.2 Å². The maximum atomic E-state index is 12.2. The fourth-order valence-corrected chi connectivity index (χ4v) is 2.74. The largest absolute Gasteiger partial charge is 0.348 e. The van der Waals surface area contributed by atoms with Gasteiger partial charge >= 0.3 is 0 Å². The van der Waals surface area contributed by atoms with Crippen LogP contribution in [0.2, 0.25) is 0 Å². The lowest BCUT2D eigenvalue weighted by Gasteiger charge is -2.07. The second-order valence-electron chi connectivity index (χ2n) is 6.35. The van der Waals surface area contributed by atoms with Crippen LogP contribution >= 0.6 is 0 Å². The van der Waals surface area contributed by atoms with E-state index in [1.54, 1.807) is 12.4 Å². The minimum absolute atomic E-state index is 0.144. The molecule has 4 rings (SSSR count). The molecule has 1 fully saturated rings. The summed E-state index contributed by atoms with van der Waals surface area (Å²) in [5.74, 6) is 1.21. The number of nitrogens with zero attached hydrogens (tertiary/aromatic N) is 2. The number of carbonyl (C=O) groups is 1. The summed E-state index contributed by atoms with van der Waals surface area (Å²) in [6, 6.07) is 18.5. The Bertz CT molecular complexity index is 854. The van der Waals surface area contributed by atoms with Gasteiger partial charge in [0.1, 0.15) is 5.82 Å². The molecule has 1 aromatic heterocycles. The summed E-state index contributed by atoms with van der Waals surface area (Å²) in [6.45, 7) is 0.484. The summed E-state index contributed by atoms with van der Waals surface area (Å²) in [4.78, 5) is 20.8. The van der Waals surface area contributed by atoms with Crippen LogP contribution in [0, 0.1) is 0 Å². The molecule has 4 nitrogen and oxygen atoms in total. The number of amides is 1. The highest BCUT2D eigenvalue weighted by Gasteiger charge is 2.26. The lowest BCUT2D eigenvalue weighted by Crippen LogP contribution is -2.23. The molecule has 0 bridgehead atoms. The minimum Gasteiger partial charge on any atom is -0.348 e. The van der Waals surface area contributed by atoms with Gasteiger partial charge in [0.05, 0.1) is 5.56 Å². The highest BCUT2D eigenvalue weighted by Crippen LogP contribution is 2.37. The van der Waals surface area contributed by atoms with Crippen LogP contribution in [0.5, 0.6) is 0 Å². The van der Waals surface area contributed by atoms with Crippen LogP contribution in [0.3, 0.4) is 0 Å². The Hall–Kier alpha value is -3.01. The number of rotatable bonds is 5. The van der Waals surface area contributed by atoms with Gasteiger partial charge in [-0.1, -0.05) is 54.6 Å². The van der Waals surface area contributed by atoms with Gasteiger partial charge < -0.3 is 5.32 Å². The van der Waals surface area contributed by atoms with E-state index in [1.807, 2.05) is 30.3 Å². The molecule has 1 heterocycles. The molecular weight excluding hydrogens is 310 g/mol. The van der Waals surface area contributed by atoms with E-state index >= 15 is 0 Å². The number of hydrogen-bond acceptors (Lipinski definition) is 3. The van der Waals surface area contributed by atoms with Crippen LogP contribution in [0.15, 0.2) is 67.0 Å². The molecule has 0 unspecified atom stereocenters. The van der Waals surface area contributed by atoms with Crippen molar-refractivity contribution >= 4 is 5.91 Å². The number of nitrogens with one attached hydrogen (secondary N) is 1. The Balaban J connectivity index is 1.36. The molecule has 0 atom stereocenters. The van der Waals surface area contributed by atoms with Crippen molar-refractivity contribution in [2.45, 2.75) is 25.3 Å². The molecule has 0 saturated heterocycles. The average Bonchev–Trinajstić information content (AvgIpc) is 3.53. The second kappa shape index (κ2) is 6.85. The van der Waals surface area contributed by atoms with Gasteiger partial charge in [0.15, 0.2) is 0 Å². The summed E-state index contributed by atoms with van der Waals surface area (Å²) < 4.78 is 0. The standard InChI is InChI=1S/C21H19N3O/c25-21(19-13-22-20(23-14-19)18-10-11-18)24-12-15-6-8-17(9-7-15)16-4-2-1-3-5-16/h1-9,13-14,18H,10-12H2,(H,24,25). The van der Waals surface area contributed by atoms with Crippen molar-refractivity contribution in [1.29, 1.82) is 0 Å². The summed E-state index contributed by atoms with van der Waals surface area (Å²) in [6.07, 6.45) is 5.55. The maximum absolute atomic E-state index is 12.2. The molecule has 1 N–H and O–H groups in total. The Morgan fingerprint density at radius 1 is 0.920 bits per heavy atom. The molecule has 3 aromatic rings. The third-order valence-electron chi connectivity index (χ3n) is 4.39. The van der Waals surface area contributed by atoms with Gasteiger partial charge in [0.2, 0.25) is 0 Å². The topological polar surface area (TPSA) is 54.9 Å². The molecule has 1 amide bonds. The molecule has 0 radical (unpaired) electrons. The van der Waals surface area contributed by atoms with Gasteiger partial charge in [-0.2, -0.15) is 0 Å². The van der Waals surface area contributed by atoms with Crippen LogP contribution in [-0.2, 0) is 6.54 Å². The van der Waals surface area contributed by atoms with Crippen molar-refractivity contribution < 1.29 is 4.79 Å². The zero-order chi connectivity index (χ0) is 17.1. The van der Waals surface area contributed by atoms with Crippen molar-refractivity contribution in [3.05, 3.63) is 83.9 Å². The third-order valence-corrected chi connectivity index (χ3v) is 4.39. The number of carbonyl (C=O) groups excluding carboxylic acids is 1. The fraction of sp³-hybridized carbons (Fsp3) is 0.190. The third kappa shape index (κ3) is 3.74. The molecule has 4 heteroatoms. The Morgan fingerprint density at radius 3 is 2.20 bits per heavy atom. The zero-order valence-electron chi connectivity index (χ0n) is 13.9. The van der Waals surface area contributed by atoms with Crippen molar-refractivity contribution in [3.63, 3.8) is 0 Å². The Kier molecular flexibility index (Phi) is 4.25. The van der Waals surface area contributed by atoms with Crippen LogP contribution in [0.4, 0.5) is 0 Å². The van der Waals surface area contributed by atoms with Gasteiger partial charge in [-0.3, -0.25) is 4.79 Å². The van der Waals surface area contributed by atoms with Crippen LogP contribution in [0.25, 0.3) is 11.1 Å². The predicted octanol–water partition coefficient (Wildman–Crippen LogP) is 3.95. The molecule has 0 aliphatic heterocycles. The smallest absolute Gasteiger partial charge is 0.254 e. The fourth-order valence-electron chi connectivity index (χ4n) is 2.74. The minimum atomic E-state index is -0.144. The van der Waals surface area contributed by atoms with Gasteiger partial charge in [-0.05, 0) is 29.5 Å². The quantitative estimate of drug-likeness (QED) is 0.771. The first-order chi connectivity index (χ1) is 12.3. The van der Waals surface area contributed by atoms with Crippen molar-refractivity contribution in [1.82, 2.24) is 15.3 Å². The maximum Gasteiger partial charge on any atom is 0.254 e. The molecule has 25 heavy (non-hydrogen) atoms. The summed E-state index contributed by atoms with van der Waals surface area (Å²) in [5, 5.41) is 2.92. The summed E-state index contributed by atoms with van der Waals surface area (Å²) in [5.41, 5.74) is 3.92. The molecule has 1 aliphatic rings. The van der Waals surface area contributed by atoms with E-state index < -0.39 is 0 Å². The predicted molar refractivity (Wildman–Crippen MR) is 97.1 cm³/mol. The van der Waals surface area contributed by atoms with Gasteiger partial charge in [-0.15, -0.1) is 0 Å². The van der Waals surface area contributed by atoms with Crippen LogP contribution < -0.4 is 5.32 Å². The first kappa shape index (κ1) is 15.5. The number of hydrogen-bond donors (Lipinski definition) is 1. The number of benzene rings is 2. The van der Waals surface area contributed by atoms with Crippen molar-refractivity contribution in [2.24, 2.45) is 0 Å². The zero-order valence-corrected chi connectivity index (χ0v) is 13.9. The van der Waals surface area contributed by atoms with E-state index in [0.29, 0.717) is 18.0 Å². The van der Waals surface area contributed by atoms with Gasteiger partial charge in [0.25, 0.3) is 5.91 Å². The van der Waals surface area contributed by atoms with Gasteiger partial charge in [0, 0.05) is 24.9 Å². The monoisotopic (exact) mass is 329 g/mol. The molecule has 0 spiro atoms. The first-order valence-corrected chi connectivity index (χ1v) is 8.54. The van der Waals surface area contributed by atoms with E-state index in [1.165, 1.54) is 11.1 Å². The Morgan fingerprint density at radius 2 is 1.56 bits per heavy atom. The highest BCUT2D eigenvalue weighted by molar-refractivity contribution is 5.93.